The smallest absolute Gasteiger partial charge is 0.230 e. The van der Waals surface area contributed by atoms with Crippen molar-refractivity contribution in [1.82, 2.24) is 20.1 Å². The highest BCUT2D eigenvalue weighted by Crippen LogP contribution is 2.29. The summed E-state index contributed by atoms with van der Waals surface area (Å²) in [7, 11) is 1.58. The van der Waals surface area contributed by atoms with Crippen molar-refractivity contribution in [2.24, 2.45) is 0 Å². The van der Waals surface area contributed by atoms with Gasteiger partial charge in [-0.3, -0.25) is 9.36 Å². The normalized spacial score (nSPS) is 10.8. The lowest BCUT2D eigenvalue weighted by atomic mass is 10.2. The molecule has 0 fully saturated rings. The van der Waals surface area contributed by atoms with Crippen LogP contribution < -0.4 is 10.1 Å². The summed E-state index contributed by atoms with van der Waals surface area (Å²) >= 11 is 1.11. The molecule has 168 valence electrons. The van der Waals surface area contributed by atoms with Gasteiger partial charge in [0.25, 0.3) is 0 Å². The van der Waals surface area contributed by atoms with Gasteiger partial charge < -0.3 is 10.1 Å². The minimum atomic E-state index is -0.753. The SMILES string of the molecule is COc1cccc(CNC(=O)CSc2nnc(-c3ccccc3)n2-c2ccc(F)cc2F)c1. The van der Waals surface area contributed by atoms with E-state index in [4.69, 9.17) is 4.74 Å². The first-order valence-electron chi connectivity index (χ1n) is 10.0. The van der Waals surface area contributed by atoms with Crippen LogP contribution in [0.3, 0.4) is 0 Å². The topological polar surface area (TPSA) is 69.0 Å². The van der Waals surface area contributed by atoms with Crippen molar-refractivity contribution in [3.63, 3.8) is 0 Å². The van der Waals surface area contributed by atoms with Crippen LogP contribution in [0.1, 0.15) is 5.56 Å². The van der Waals surface area contributed by atoms with E-state index in [1.54, 1.807) is 7.11 Å². The van der Waals surface area contributed by atoms with Crippen LogP contribution in [-0.4, -0.2) is 33.5 Å². The van der Waals surface area contributed by atoms with Gasteiger partial charge in [-0.05, 0) is 29.8 Å². The molecular formula is C24H20F2N4O2S. The number of aromatic nitrogens is 3. The van der Waals surface area contributed by atoms with Gasteiger partial charge in [-0.15, -0.1) is 10.2 Å². The molecule has 0 unspecified atom stereocenters. The zero-order valence-electron chi connectivity index (χ0n) is 17.7. The first-order valence-corrected chi connectivity index (χ1v) is 11.0. The highest BCUT2D eigenvalue weighted by molar-refractivity contribution is 7.99. The summed E-state index contributed by atoms with van der Waals surface area (Å²) in [6.07, 6.45) is 0. The Morgan fingerprint density at radius 3 is 2.61 bits per heavy atom. The van der Waals surface area contributed by atoms with Gasteiger partial charge >= 0.3 is 0 Å². The first-order chi connectivity index (χ1) is 16.0. The number of nitrogens with zero attached hydrogens (tertiary/aromatic N) is 3. The van der Waals surface area contributed by atoms with Crippen molar-refractivity contribution in [3.8, 4) is 22.8 Å². The molecule has 0 aliphatic carbocycles. The summed E-state index contributed by atoms with van der Waals surface area (Å²) in [4.78, 5) is 12.4. The predicted octanol–water partition coefficient (Wildman–Crippen LogP) is 4.63. The monoisotopic (exact) mass is 466 g/mol. The van der Waals surface area contributed by atoms with Crippen molar-refractivity contribution in [2.45, 2.75) is 11.7 Å². The molecule has 0 atom stereocenters. The van der Waals surface area contributed by atoms with Gasteiger partial charge in [0, 0.05) is 18.2 Å². The maximum absolute atomic E-state index is 14.6. The minimum absolute atomic E-state index is 0.0414. The maximum Gasteiger partial charge on any atom is 0.230 e. The third-order valence-corrected chi connectivity index (χ3v) is 5.70. The van der Waals surface area contributed by atoms with Crippen molar-refractivity contribution in [3.05, 3.63) is 90.0 Å². The molecule has 0 saturated carbocycles. The lowest BCUT2D eigenvalue weighted by molar-refractivity contribution is -0.118. The maximum atomic E-state index is 14.6. The number of ether oxygens (including phenoxy) is 1. The van der Waals surface area contributed by atoms with Crippen molar-refractivity contribution in [2.75, 3.05) is 12.9 Å². The number of thioether (sulfide) groups is 1. The van der Waals surface area contributed by atoms with Crippen molar-refractivity contribution < 1.29 is 18.3 Å². The lowest BCUT2D eigenvalue weighted by Gasteiger charge is -2.11. The fourth-order valence-corrected chi connectivity index (χ4v) is 3.96. The second-order valence-electron chi connectivity index (χ2n) is 7.02. The van der Waals surface area contributed by atoms with Gasteiger partial charge in [-0.25, -0.2) is 8.78 Å². The van der Waals surface area contributed by atoms with Crippen LogP contribution in [0.15, 0.2) is 78.0 Å². The molecule has 0 saturated heterocycles. The summed E-state index contributed by atoms with van der Waals surface area (Å²) in [5.41, 5.74) is 1.71. The molecule has 4 rings (SSSR count). The molecule has 4 aromatic rings. The summed E-state index contributed by atoms with van der Waals surface area (Å²) < 4.78 is 34.8. The average molecular weight is 467 g/mol. The molecule has 1 aromatic heterocycles. The third kappa shape index (κ3) is 5.38. The Bertz CT molecular complexity index is 1260. The quantitative estimate of drug-likeness (QED) is 0.384. The third-order valence-electron chi connectivity index (χ3n) is 4.77. The standard InChI is InChI=1S/C24H20F2N4O2S/c1-32-19-9-5-6-16(12-19)14-27-22(31)15-33-24-29-28-23(17-7-3-2-4-8-17)30(24)21-11-10-18(25)13-20(21)26/h2-13H,14-15H2,1H3,(H,27,31). The molecule has 3 aromatic carbocycles. The molecule has 0 spiro atoms. The molecule has 1 N–H and O–H groups in total. The van der Waals surface area contributed by atoms with Crippen LogP contribution in [0, 0.1) is 11.6 Å². The molecule has 1 amide bonds. The Morgan fingerprint density at radius 1 is 1.03 bits per heavy atom. The molecule has 9 heteroatoms. The van der Waals surface area contributed by atoms with E-state index >= 15 is 0 Å². The molecule has 0 radical (unpaired) electrons. The number of benzene rings is 3. The van der Waals surface area contributed by atoms with Crippen molar-refractivity contribution in [1.29, 1.82) is 0 Å². The van der Waals surface area contributed by atoms with Gasteiger partial charge in [-0.2, -0.15) is 0 Å². The molecule has 1 heterocycles. The summed E-state index contributed by atoms with van der Waals surface area (Å²) in [5, 5.41) is 11.5. The minimum Gasteiger partial charge on any atom is -0.497 e. The van der Waals surface area contributed by atoms with Crippen LogP contribution in [0.5, 0.6) is 5.75 Å². The van der Waals surface area contributed by atoms with E-state index in [1.807, 2.05) is 54.6 Å². The second-order valence-corrected chi connectivity index (χ2v) is 7.96. The highest BCUT2D eigenvalue weighted by Gasteiger charge is 2.20. The van der Waals surface area contributed by atoms with Crippen LogP contribution in [0.25, 0.3) is 17.1 Å². The van der Waals surface area contributed by atoms with Gasteiger partial charge in [0.05, 0.1) is 18.6 Å². The number of carbonyl (C=O) groups excluding carboxylic acids is 1. The molecule has 0 aliphatic rings. The van der Waals surface area contributed by atoms with Crippen LogP contribution in [0.4, 0.5) is 8.78 Å². The van der Waals surface area contributed by atoms with Gasteiger partial charge in [0.15, 0.2) is 11.0 Å². The van der Waals surface area contributed by atoms with Crippen LogP contribution in [0.2, 0.25) is 0 Å². The number of hydrogen-bond donors (Lipinski definition) is 1. The summed E-state index contributed by atoms with van der Waals surface area (Å²) in [6.45, 7) is 0.338. The Morgan fingerprint density at radius 2 is 1.85 bits per heavy atom. The van der Waals surface area contributed by atoms with Crippen molar-refractivity contribution >= 4 is 17.7 Å². The number of methoxy groups -OCH3 is 1. The Hall–Kier alpha value is -3.72. The fraction of sp³-hybridized carbons (Fsp3) is 0.125. The highest BCUT2D eigenvalue weighted by atomic mass is 32.2. The lowest BCUT2D eigenvalue weighted by Crippen LogP contribution is -2.24. The number of amides is 1. The molecule has 6 nitrogen and oxygen atoms in total. The van der Waals surface area contributed by atoms with E-state index < -0.39 is 11.6 Å². The van der Waals surface area contributed by atoms with Gasteiger partial charge in [0.1, 0.15) is 17.4 Å². The molecule has 0 bridgehead atoms. The Balaban J connectivity index is 1.53. The van der Waals surface area contributed by atoms with Crippen LogP contribution >= 0.6 is 11.8 Å². The zero-order chi connectivity index (χ0) is 23.2. The Kier molecular flexibility index (Phi) is 6.99. The second kappa shape index (κ2) is 10.3. The van der Waals surface area contributed by atoms with E-state index in [9.17, 15) is 13.6 Å². The Labute approximate surface area is 193 Å². The van der Waals surface area contributed by atoms with E-state index in [1.165, 1.54) is 16.7 Å². The number of rotatable bonds is 8. The van der Waals surface area contributed by atoms with Gasteiger partial charge in [-0.1, -0.05) is 54.2 Å². The average Bonchev–Trinajstić information content (AvgIpc) is 3.25. The number of hydrogen-bond acceptors (Lipinski definition) is 5. The van der Waals surface area contributed by atoms with Gasteiger partial charge in [0.2, 0.25) is 5.91 Å². The number of nitrogens with one attached hydrogen (secondary N) is 1. The van der Waals surface area contributed by atoms with E-state index in [2.05, 4.69) is 15.5 Å². The number of carbonyl (C=O) groups is 1. The number of halogens is 2. The summed E-state index contributed by atoms with van der Waals surface area (Å²) in [5.74, 6) is -0.523. The molecular weight excluding hydrogens is 446 g/mol. The molecule has 0 aliphatic heterocycles. The van der Waals surface area contributed by atoms with Crippen LogP contribution in [-0.2, 0) is 11.3 Å². The van der Waals surface area contributed by atoms with E-state index in [0.717, 1.165) is 23.4 Å². The summed E-state index contributed by atoms with van der Waals surface area (Å²) in [6, 6.07) is 19.8. The predicted molar refractivity (Wildman–Crippen MR) is 122 cm³/mol. The largest absolute Gasteiger partial charge is 0.497 e. The molecule has 33 heavy (non-hydrogen) atoms. The first kappa shape index (κ1) is 22.5. The zero-order valence-corrected chi connectivity index (χ0v) is 18.5. The van der Waals surface area contributed by atoms with E-state index in [-0.39, 0.29) is 17.3 Å². The van der Waals surface area contributed by atoms with E-state index in [0.29, 0.717) is 28.8 Å². The fourth-order valence-electron chi connectivity index (χ4n) is 3.18.